The van der Waals surface area contributed by atoms with Crippen LogP contribution in [0.1, 0.15) is 11.1 Å². The van der Waals surface area contributed by atoms with Gasteiger partial charge >= 0.3 is 0 Å². The van der Waals surface area contributed by atoms with Gasteiger partial charge in [0, 0.05) is 14.1 Å². The molecule has 0 bridgehead atoms. The molecule has 0 aromatic heterocycles. The average molecular weight is 176 g/mol. The summed E-state index contributed by atoms with van der Waals surface area (Å²) in [5.41, 5.74) is 2.23. The van der Waals surface area contributed by atoms with Crippen LogP contribution in [-0.2, 0) is 6.61 Å². The molecule has 68 valence electrons. The van der Waals surface area contributed by atoms with Gasteiger partial charge in [-0.25, -0.2) is 0 Å². The van der Waals surface area contributed by atoms with Crippen molar-refractivity contribution in [1.29, 1.82) is 5.26 Å². The lowest BCUT2D eigenvalue weighted by molar-refractivity contribution is 0.282. The molecule has 0 spiro atoms. The summed E-state index contributed by atoms with van der Waals surface area (Å²) in [5.74, 6) is 0. The van der Waals surface area contributed by atoms with Crippen molar-refractivity contribution in [3.05, 3.63) is 29.3 Å². The molecular weight excluding hydrogens is 164 g/mol. The Balaban J connectivity index is 3.18. The zero-order valence-electron chi connectivity index (χ0n) is 7.78. The Morgan fingerprint density at radius 2 is 2.15 bits per heavy atom. The molecule has 0 aliphatic heterocycles. The monoisotopic (exact) mass is 176 g/mol. The molecule has 0 aliphatic carbocycles. The molecule has 0 radical (unpaired) electrons. The highest BCUT2D eigenvalue weighted by atomic mass is 16.3. The van der Waals surface area contributed by atoms with E-state index in [1.165, 1.54) is 0 Å². The predicted octanol–water partition coefficient (Wildman–Crippen LogP) is 1.12. The van der Waals surface area contributed by atoms with Crippen LogP contribution >= 0.6 is 0 Å². The molecule has 1 rings (SSSR count). The van der Waals surface area contributed by atoms with Crippen molar-refractivity contribution in [2.24, 2.45) is 0 Å². The lowest BCUT2D eigenvalue weighted by Crippen LogP contribution is -2.10. The molecule has 1 N–H and O–H groups in total. The molecule has 0 fully saturated rings. The molecule has 3 nitrogen and oxygen atoms in total. The van der Waals surface area contributed by atoms with Crippen LogP contribution in [0.25, 0.3) is 0 Å². The van der Waals surface area contributed by atoms with Gasteiger partial charge in [-0.15, -0.1) is 0 Å². The number of aliphatic hydroxyl groups is 1. The maximum atomic E-state index is 8.86. The lowest BCUT2D eigenvalue weighted by atomic mass is 10.1. The van der Waals surface area contributed by atoms with Crippen molar-refractivity contribution >= 4 is 5.69 Å². The number of anilines is 1. The lowest BCUT2D eigenvalue weighted by Gasteiger charge is -2.14. The second-order valence-corrected chi connectivity index (χ2v) is 3.02. The van der Waals surface area contributed by atoms with E-state index in [0.717, 1.165) is 11.3 Å². The highest BCUT2D eigenvalue weighted by Gasteiger charge is 2.04. The van der Waals surface area contributed by atoms with Gasteiger partial charge in [0.1, 0.15) is 6.07 Å². The van der Waals surface area contributed by atoms with Gasteiger partial charge < -0.3 is 10.0 Å². The number of aliphatic hydroxyl groups excluding tert-OH is 1. The third-order valence-electron chi connectivity index (χ3n) is 1.85. The number of hydrogen-bond acceptors (Lipinski definition) is 3. The van der Waals surface area contributed by atoms with Crippen LogP contribution in [0.3, 0.4) is 0 Å². The SMILES string of the molecule is CN(C)c1ccc(CO)cc1C#N. The van der Waals surface area contributed by atoms with E-state index in [4.69, 9.17) is 10.4 Å². The standard InChI is InChI=1S/C10H12N2O/c1-12(2)10-4-3-8(7-13)5-9(10)6-11/h3-5,13H,7H2,1-2H3. The Bertz CT molecular complexity index is 339. The fourth-order valence-electron chi connectivity index (χ4n) is 1.16. The van der Waals surface area contributed by atoms with Gasteiger partial charge in [-0.05, 0) is 17.7 Å². The predicted molar refractivity (Wildman–Crippen MR) is 51.4 cm³/mol. The normalized spacial score (nSPS) is 9.38. The first-order valence-corrected chi connectivity index (χ1v) is 4.00. The minimum absolute atomic E-state index is 0.0254. The Morgan fingerprint density at radius 3 is 2.62 bits per heavy atom. The first-order valence-electron chi connectivity index (χ1n) is 4.00. The number of benzene rings is 1. The highest BCUT2D eigenvalue weighted by molar-refractivity contribution is 5.59. The van der Waals surface area contributed by atoms with Gasteiger partial charge in [0.15, 0.2) is 0 Å². The summed E-state index contributed by atoms with van der Waals surface area (Å²) in [6.07, 6.45) is 0. The Kier molecular flexibility index (Phi) is 2.88. The molecule has 0 amide bonds. The summed E-state index contributed by atoms with van der Waals surface area (Å²) < 4.78 is 0. The van der Waals surface area contributed by atoms with E-state index in [-0.39, 0.29) is 6.61 Å². The second kappa shape index (κ2) is 3.92. The summed E-state index contributed by atoms with van der Waals surface area (Å²) >= 11 is 0. The van der Waals surface area contributed by atoms with Crippen molar-refractivity contribution in [3.8, 4) is 6.07 Å². The number of hydrogen-bond donors (Lipinski definition) is 1. The molecule has 0 aliphatic rings. The molecule has 0 unspecified atom stereocenters. The van der Waals surface area contributed by atoms with Crippen molar-refractivity contribution in [2.75, 3.05) is 19.0 Å². The second-order valence-electron chi connectivity index (χ2n) is 3.02. The number of rotatable bonds is 2. The Morgan fingerprint density at radius 1 is 1.46 bits per heavy atom. The van der Waals surface area contributed by atoms with Crippen molar-refractivity contribution in [1.82, 2.24) is 0 Å². The van der Waals surface area contributed by atoms with Gasteiger partial charge in [-0.1, -0.05) is 6.07 Å². The Hall–Kier alpha value is -1.53. The summed E-state index contributed by atoms with van der Waals surface area (Å²) in [6, 6.07) is 7.46. The van der Waals surface area contributed by atoms with E-state index in [1.54, 1.807) is 6.07 Å². The van der Waals surface area contributed by atoms with E-state index in [9.17, 15) is 0 Å². The summed E-state index contributed by atoms with van der Waals surface area (Å²) in [7, 11) is 3.77. The Labute approximate surface area is 77.8 Å². The van der Waals surface area contributed by atoms with Crippen LogP contribution in [0.15, 0.2) is 18.2 Å². The van der Waals surface area contributed by atoms with Gasteiger partial charge in [0.2, 0.25) is 0 Å². The quantitative estimate of drug-likeness (QED) is 0.734. The molecule has 3 heteroatoms. The summed E-state index contributed by atoms with van der Waals surface area (Å²) in [5, 5.41) is 17.7. The molecule has 0 saturated carbocycles. The van der Waals surface area contributed by atoms with Crippen LogP contribution in [0.2, 0.25) is 0 Å². The molecule has 13 heavy (non-hydrogen) atoms. The van der Waals surface area contributed by atoms with E-state index in [2.05, 4.69) is 6.07 Å². The van der Waals surface area contributed by atoms with E-state index in [0.29, 0.717) is 5.56 Å². The topological polar surface area (TPSA) is 47.3 Å². The third-order valence-corrected chi connectivity index (χ3v) is 1.85. The van der Waals surface area contributed by atoms with Crippen LogP contribution in [0, 0.1) is 11.3 Å². The molecule has 0 saturated heterocycles. The maximum absolute atomic E-state index is 8.86. The van der Waals surface area contributed by atoms with Crippen LogP contribution in [0.5, 0.6) is 0 Å². The third kappa shape index (κ3) is 1.98. The van der Waals surface area contributed by atoms with E-state index in [1.807, 2.05) is 31.1 Å². The molecular formula is C10H12N2O. The van der Waals surface area contributed by atoms with Crippen molar-refractivity contribution in [3.63, 3.8) is 0 Å². The van der Waals surface area contributed by atoms with Crippen LogP contribution in [0.4, 0.5) is 5.69 Å². The average Bonchev–Trinajstić information content (AvgIpc) is 2.16. The minimum atomic E-state index is -0.0254. The first-order chi connectivity index (χ1) is 6.19. The molecule has 0 heterocycles. The van der Waals surface area contributed by atoms with Crippen LogP contribution < -0.4 is 4.90 Å². The summed E-state index contributed by atoms with van der Waals surface area (Å²) in [6.45, 7) is -0.0254. The molecule has 1 aromatic rings. The fourth-order valence-corrected chi connectivity index (χ4v) is 1.16. The zero-order valence-corrected chi connectivity index (χ0v) is 7.78. The summed E-state index contributed by atoms with van der Waals surface area (Å²) in [4.78, 5) is 1.87. The van der Waals surface area contributed by atoms with Gasteiger partial charge in [-0.3, -0.25) is 0 Å². The largest absolute Gasteiger partial charge is 0.392 e. The fraction of sp³-hybridized carbons (Fsp3) is 0.300. The zero-order chi connectivity index (χ0) is 9.84. The highest BCUT2D eigenvalue weighted by Crippen LogP contribution is 2.18. The molecule has 1 aromatic carbocycles. The minimum Gasteiger partial charge on any atom is -0.392 e. The first kappa shape index (κ1) is 9.56. The smallest absolute Gasteiger partial charge is 0.101 e. The van der Waals surface area contributed by atoms with Crippen molar-refractivity contribution in [2.45, 2.75) is 6.61 Å². The molecule has 0 atom stereocenters. The number of nitriles is 1. The van der Waals surface area contributed by atoms with Gasteiger partial charge in [0.25, 0.3) is 0 Å². The van der Waals surface area contributed by atoms with E-state index >= 15 is 0 Å². The number of nitrogens with zero attached hydrogens (tertiary/aromatic N) is 2. The van der Waals surface area contributed by atoms with E-state index < -0.39 is 0 Å². The van der Waals surface area contributed by atoms with Gasteiger partial charge in [0.05, 0.1) is 17.9 Å². The van der Waals surface area contributed by atoms with Gasteiger partial charge in [-0.2, -0.15) is 5.26 Å². The van der Waals surface area contributed by atoms with Crippen molar-refractivity contribution < 1.29 is 5.11 Å². The van der Waals surface area contributed by atoms with Crippen LogP contribution in [-0.4, -0.2) is 19.2 Å². The maximum Gasteiger partial charge on any atom is 0.101 e.